The van der Waals surface area contributed by atoms with E-state index >= 15 is 0 Å². The summed E-state index contributed by atoms with van der Waals surface area (Å²) in [5.41, 5.74) is 0.103. The maximum Gasteiger partial charge on any atom is 0.357 e. The van der Waals surface area contributed by atoms with Crippen molar-refractivity contribution in [3.63, 3.8) is 0 Å². The van der Waals surface area contributed by atoms with E-state index in [1.807, 2.05) is 0 Å². The number of amides is 4. The molecule has 4 rings (SSSR count). The van der Waals surface area contributed by atoms with Gasteiger partial charge in [0.05, 0.1) is 7.11 Å². The predicted molar refractivity (Wildman–Crippen MR) is 118 cm³/mol. The van der Waals surface area contributed by atoms with Crippen LogP contribution >= 0.6 is 11.3 Å². The van der Waals surface area contributed by atoms with Crippen molar-refractivity contribution in [3.05, 3.63) is 11.1 Å². The minimum Gasteiger partial charge on any atom is -0.464 e. The molecule has 174 valence electrons. The molecular formula is C22H30N4O5S. The number of rotatable bonds is 8. The minimum absolute atomic E-state index is 0.103. The summed E-state index contributed by atoms with van der Waals surface area (Å²) in [4.78, 5) is 56.1. The Morgan fingerprint density at radius 3 is 2.50 bits per heavy atom. The Morgan fingerprint density at radius 1 is 1.19 bits per heavy atom. The molecule has 2 N–H and O–H groups in total. The molecule has 2 unspecified atom stereocenters. The average molecular weight is 463 g/mol. The van der Waals surface area contributed by atoms with Crippen LogP contribution in [0.4, 0.5) is 9.93 Å². The fraction of sp³-hybridized carbons (Fsp3) is 0.682. The van der Waals surface area contributed by atoms with Crippen LogP contribution in [0.15, 0.2) is 5.38 Å². The molecule has 2 aliphatic carbocycles. The monoisotopic (exact) mass is 462 g/mol. The SMILES string of the molecule is COC(=O)c1csc(NC(=O)C(CC2CCCC2)N2C(=O)NC(CC3CCCC3)C2=O)n1. The first-order valence-electron chi connectivity index (χ1n) is 11.4. The van der Waals surface area contributed by atoms with Gasteiger partial charge < -0.3 is 15.4 Å². The van der Waals surface area contributed by atoms with Crippen molar-refractivity contribution in [3.8, 4) is 0 Å². The summed E-state index contributed by atoms with van der Waals surface area (Å²) in [6, 6.07) is -1.95. The highest BCUT2D eigenvalue weighted by Crippen LogP contribution is 2.33. The molecule has 1 aromatic rings. The number of esters is 1. The van der Waals surface area contributed by atoms with Gasteiger partial charge in [0.1, 0.15) is 12.1 Å². The summed E-state index contributed by atoms with van der Waals surface area (Å²) in [6.07, 6.45) is 9.73. The Balaban J connectivity index is 1.49. The van der Waals surface area contributed by atoms with Gasteiger partial charge in [-0.15, -0.1) is 11.3 Å². The number of nitrogens with one attached hydrogen (secondary N) is 2. The van der Waals surface area contributed by atoms with Gasteiger partial charge in [0, 0.05) is 5.38 Å². The van der Waals surface area contributed by atoms with Crippen LogP contribution in [0.1, 0.15) is 74.7 Å². The van der Waals surface area contributed by atoms with Gasteiger partial charge in [-0.1, -0.05) is 51.4 Å². The van der Waals surface area contributed by atoms with Gasteiger partial charge in [0.2, 0.25) is 5.91 Å². The van der Waals surface area contributed by atoms with Crippen LogP contribution in [0.25, 0.3) is 0 Å². The number of hydrogen-bond donors (Lipinski definition) is 2. The lowest BCUT2D eigenvalue weighted by molar-refractivity contribution is -0.134. The molecule has 1 aliphatic heterocycles. The zero-order valence-electron chi connectivity index (χ0n) is 18.3. The number of methoxy groups -OCH3 is 1. The van der Waals surface area contributed by atoms with E-state index in [0.717, 1.165) is 67.6 Å². The third-order valence-corrected chi connectivity index (χ3v) is 7.63. The van der Waals surface area contributed by atoms with Crippen molar-refractivity contribution in [2.24, 2.45) is 11.8 Å². The molecule has 3 aliphatic rings. The summed E-state index contributed by atoms with van der Waals surface area (Å²) in [7, 11) is 1.26. The molecular weight excluding hydrogens is 432 g/mol. The van der Waals surface area contributed by atoms with E-state index in [1.54, 1.807) is 0 Å². The van der Waals surface area contributed by atoms with Crippen LogP contribution in [-0.2, 0) is 14.3 Å². The molecule has 2 heterocycles. The van der Waals surface area contributed by atoms with Crippen molar-refractivity contribution < 1.29 is 23.9 Å². The number of carbonyl (C=O) groups is 4. The van der Waals surface area contributed by atoms with E-state index in [9.17, 15) is 19.2 Å². The Hall–Kier alpha value is -2.49. The standard InChI is InChI=1S/C22H30N4O5S/c1-31-20(29)16-12-32-21(23-16)25-18(27)17(11-14-8-4-5-9-14)26-19(28)15(24-22(26)30)10-13-6-2-3-7-13/h12-15,17H,2-11H2,1H3,(H,24,30)(H,23,25,27). The summed E-state index contributed by atoms with van der Waals surface area (Å²) in [6.45, 7) is 0. The van der Waals surface area contributed by atoms with Gasteiger partial charge in [0.15, 0.2) is 10.8 Å². The second-order valence-corrected chi connectivity index (χ2v) is 9.88. The van der Waals surface area contributed by atoms with E-state index in [-0.39, 0.29) is 16.7 Å². The van der Waals surface area contributed by atoms with Gasteiger partial charge in [-0.3, -0.25) is 9.59 Å². The third kappa shape index (κ3) is 4.95. The second kappa shape index (κ2) is 9.97. The summed E-state index contributed by atoms with van der Waals surface area (Å²) < 4.78 is 4.65. The Bertz CT molecular complexity index is 875. The number of imide groups is 1. The van der Waals surface area contributed by atoms with E-state index < -0.39 is 30.0 Å². The molecule has 0 aromatic carbocycles. The Morgan fingerprint density at radius 2 is 1.84 bits per heavy atom. The second-order valence-electron chi connectivity index (χ2n) is 9.02. The fourth-order valence-corrected chi connectivity index (χ4v) is 5.88. The number of hydrogen-bond acceptors (Lipinski definition) is 7. The Kier molecular flexibility index (Phi) is 7.07. The number of thiazole rings is 1. The van der Waals surface area contributed by atoms with Crippen LogP contribution in [0.3, 0.4) is 0 Å². The molecule has 2 atom stereocenters. The zero-order valence-corrected chi connectivity index (χ0v) is 19.1. The lowest BCUT2D eigenvalue weighted by Crippen LogP contribution is -2.48. The van der Waals surface area contributed by atoms with E-state index in [2.05, 4.69) is 20.4 Å². The molecule has 2 saturated carbocycles. The summed E-state index contributed by atoms with van der Waals surface area (Å²) in [5.74, 6) is -0.615. The number of carbonyl (C=O) groups excluding carboxylic acids is 4. The van der Waals surface area contributed by atoms with Crippen LogP contribution in [0.5, 0.6) is 0 Å². The third-order valence-electron chi connectivity index (χ3n) is 6.87. The fourth-order valence-electron chi connectivity index (χ4n) is 5.19. The van der Waals surface area contributed by atoms with Crippen molar-refractivity contribution >= 4 is 40.3 Å². The minimum atomic E-state index is -0.898. The summed E-state index contributed by atoms with van der Waals surface area (Å²) >= 11 is 1.10. The normalized spacial score (nSPS) is 22.9. The molecule has 1 aromatic heterocycles. The molecule has 0 spiro atoms. The van der Waals surface area contributed by atoms with Gasteiger partial charge in [-0.25, -0.2) is 19.5 Å². The lowest BCUT2D eigenvalue weighted by Gasteiger charge is -2.26. The number of urea groups is 1. The van der Waals surface area contributed by atoms with Gasteiger partial charge in [0.25, 0.3) is 5.91 Å². The van der Waals surface area contributed by atoms with Crippen molar-refractivity contribution in [2.45, 2.75) is 76.3 Å². The van der Waals surface area contributed by atoms with Crippen molar-refractivity contribution in [1.29, 1.82) is 0 Å². The van der Waals surface area contributed by atoms with Gasteiger partial charge in [-0.2, -0.15) is 0 Å². The first kappa shape index (κ1) is 22.7. The van der Waals surface area contributed by atoms with Crippen LogP contribution in [0, 0.1) is 11.8 Å². The molecule has 3 fully saturated rings. The zero-order chi connectivity index (χ0) is 22.7. The van der Waals surface area contributed by atoms with Crippen LogP contribution in [-0.4, -0.2) is 52.9 Å². The number of anilines is 1. The largest absolute Gasteiger partial charge is 0.464 e. The lowest BCUT2D eigenvalue weighted by atomic mass is 9.95. The molecule has 10 heteroatoms. The molecule has 32 heavy (non-hydrogen) atoms. The predicted octanol–water partition coefficient (Wildman–Crippen LogP) is 3.32. The topological polar surface area (TPSA) is 118 Å². The number of aromatic nitrogens is 1. The number of nitrogens with zero attached hydrogens (tertiary/aromatic N) is 2. The quantitative estimate of drug-likeness (QED) is 0.452. The smallest absolute Gasteiger partial charge is 0.357 e. The first-order chi connectivity index (χ1) is 15.5. The van der Waals surface area contributed by atoms with Crippen LogP contribution in [0.2, 0.25) is 0 Å². The highest BCUT2D eigenvalue weighted by molar-refractivity contribution is 7.14. The average Bonchev–Trinajstić information content (AvgIpc) is 3.57. The van der Waals surface area contributed by atoms with E-state index in [0.29, 0.717) is 24.7 Å². The summed E-state index contributed by atoms with van der Waals surface area (Å²) in [5, 5.41) is 7.26. The molecule has 0 radical (unpaired) electrons. The van der Waals surface area contributed by atoms with Gasteiger partial charge >= 0.3 is 12.0 Å². The molecule has 4 amide bonds. The van der Waals surface area contributed by atoms with E-state index in [4.69, 9.17) is 0 Å². The molecule has 0 bridgehead atoms. The van der Waals surface area contributed by atoms with E-state index in [1.165, 1.54) is 12.5 Å². The maximum absolute atomic E-state index is 13.2. The molecule has 1 saturated heterocycles. The number of ether oxygens (including phenoxy) is 1. The highest BCUT2D eigenvalue weighted by Gasteiger charge is 2.46. The van der Waals surface area contributed by atoms with Gasteiger partial charge in [-0.05, 0) is 24.7 Å². The Labute approximate surface area is 191 Å². The molecule has 9 nitrogen and oxygen atoms in total. The first-order valence-corrected chi connectivity index (χ1v) is 12.3. The van der Waals surface area contributed by atoms with Crippen LogP contribution < -0.4 is 10.6 Å². The van der Waals surface area contributed by atoms with Crippen molar-refractivity contribution in [1.82, 2.24) is 15.2 Å². The highest BCUT2D eigenvalue weighted by atomic mass is 32.1. The van der Waals surface area contributed by atoms with Crippen molar-refractivity contribution in [2.75, 3.05) is 12.4 Å². The maximum atomic E-state index is 13.2.